The number of rotatable bonds is 7. The van der Waals surface area contributed by atoms with Gasteiger partial charge in [0.15, 0.2) is 0 Å². The maximum Gasteiger partial charge on any atom is 0.343 e. The molecule has 0 unspecified atom stereocenters. The van der Waals surface area contributed by atoms with Crippen LogP contribution < -0.4 is 14.9 Å². The lowest BCUT2D eigenvalue weighted by Crippen LogP contribution is -2.19. The average Bonchev–Trinajstić information content (AvgIpc) is 3.33. The Morgan fingerprint density at radius 3 is 2.53 bits per heavy atom. The Kier molecular flexibility index (Phi) is 7.50. The Bertz CT molecular complexity index is 1660. The molecule has 0 aliphatic heterocycles. The number of carbonyl (C=O) groups is 2. The summed E-state index contributed by atoms with van der Waals surface area (Å²) in [5.74, 6) is -0.0618. The fourth-order valence-corrected chi connectivity index (χ4v) is 4.54. The van der Waals surface area contributed by atoms with E-state index in [2.05, 4.69) is 38.1 Å². The molecule has 1 amide bonds. The number of hydrogen-bond donors (Lipinski definition) is 2. The van der Waals surface area contributed by atoms with Crippen molar-refractivity contribution in [2.45, 2.75) is 0 Å². The largest absolute Gasteiger partial charge is 0.497 e. The molecule has 2 N–H and O–H groups in total. The summed E-state index contributed by atoms with van der Waals surface area (Å²) in [5, 5.41) is 5.10. The number of esters is 1. The van der Waals surface area contributed by atoms with E-state index < -0.39 is 11.9 Å². The number of hydrazone groups is 1. The van der Waals surface area contributed by atoms with Crippen LogP contribution in [0.25, 0.3) is 22.0 Å². The predicted octanol–water partition coefficient (Wildman–Crippen LogP) is 6.43. The SMILES string of the molecule is COc1cccc(C(=O)Oc2ccccc2C=NNC(=O)c2[nH]c3ccc(I)cc3c2-c2ccccc2)c1. The van der Waals surface area contributed by atoms with Crippen molar-refractivity contribution in [1.82, 2.24) is 10.4 Å². The highest BCUT2D eigenvalue weighted by Gasteiger charge is 2.19. The molecule has 0 saturated heterocycles. The first-order valence-corrected chi connectivity index (χ1v) is 12.8. The second-order valence-corrected chi connectivity index (χ2v) is 9.53. The van der Waals surface area contributed by atoms with Crippen molar-refractivity contribution in [2.24, 2.45) is 5.10 Å². The third-order valence-corrected chi connectivity index (χ3v) is 6.52. The van der Waals surface area contributed by atoms with Gasteiger partial charge >= 0.3 is 5.97 Å². The number of nitrogens with one attached hydrogen (secondary N) is 2. The number of fused-ring (bicyclic) bond motifs is 1. The number of benzene rings is 4. The van der Waals surface area contributed by atoms with Gasteiger partial charge in [-0.15, -0.1) is 0 Å². The third kappa shape index (κ3) is 5.45. The highest BCUT2D eigenvalue weighted by atomic mass is 127. The number of methoxy groups -OCH3 is 1. The summed E-state index contributed by atoms with van der Waals surface area (Å²) in [6.45, 7) is 0. The molecule has 8 heteroatoms. The summed E-state index contributed by atoms with van der Waals surface area (Å²) >= 11 is 2.26. The molecule has 0 aliphatic rings. The van der Waals surface area contributed by atoms with Gasteiger partial charge in [-0.3, -0.25) is 4.79 Å². The minimum atomic E-state index is -0.533. The lowest BCUT2D eigenvalue weighted by Gasteiger charge is -2.08. The zero-order valence-corrected chi connectivity index (χ0v) is 22.4. The van der Waals surface area contributed by atoms with Crippen LogP contribution in [0.1, 0.15) is 26.4 Å². The Morgan fingerprint density at radius 1 is 0.921 bits per heavy atom. The molecule has 0 aliphatic carbocycles. The average molecular weight is 615 g/mol. The number of aromatic amines is 1. The highest BCUT2D eigenvalue weighted by Crippen LogP contribution is 2.33. The molecule has 5 rings (SSSR count). The molecule has 38 heavy (non-hydrogen) atoms. The van der Waals surface area contributed by atoms with E-state index in [0.29, 0.717) is 28.3 Å². The topological polar surface area (TPSA) is 92.8 Å². The quantitative estimate of drug-likeness (QED) is 0.0726. The van der Waals surface area contributed by atoms with Crippen LogP contribution in [-0.4, -0.2) is 30.2 Å². The van der Waals surface area contributed by atoms with Crippen molar-refractivity contribution in [3.05, 3.63) is 117 Å². The molecule has 0 fully saturated rings. The summed E-state index contributed by atoms with van der Waals surface area (Å²) in [7, 11) is 1.53. The monoisotopic (exact) mass is 615 g/mol. The number of hydrogen-bond acceptors (Lipinski definition) is 5. The van der Waals surface area contributed by atoms with Gasteiger partial charge in [-0.05, 0) is 76.7 Å². The van der Waals surface area contributed by atoms with Crippen LogP contribution in [0.3, 0.4) is 0 Å². The maximum atomic E-state index is 13.2. The number of H-pyrrole nitrogens is 1. The van der Waals surface area contributed by atoms with Gasteiger partial charge in [-0.2, -0.15) is 5.10 Å². The van der Waals surface area contributed by atoms with E-state index in [0.717, 1.165) is 25.6 Å². The number of aromatic nitrogens is 1. The van der Waals surface area contributed by atoms with Crippen LogP contribution in [0, 0.1) is 3.57 Å². The molecule has 1 heterocycles. The van der Waals surface area contributed by atoms with Crippen molar-refractivity contribution in [3.8, 4) is 22.6 Å². The molecule has 7 nitrogen and oxygen atoms in total. The fraction of sp³-hybridized carbons (Fsp3) is 0.0333. The van der Waals surface area contributed by atoms with Gasteiger partial charge in [-0.25, -0.2) is 10.2 Å². The zero-order valence-electron chi connectivity index (χ0n) is 20.3. The standard InChI is InChI=1S/C30H22IN3O4/c1-37-23-12-7-11-20(16-23)30(36)38-26-13-6-5-10-21(26)18-32-34-29(35)28-27(19-8-3-2-4-9-19)24-17-22(31)14-15-25(24)33-28/h2-18,33H,1H3,(H,34,35). The molecule has 0 saturated carbocycles. The maximum absolute atomic E-state index is 13.2. The highest BCUT2D eigenvalue weighted by molar-refractivity contribution is 14.1. The summed E-state index contributed by atoms with van der Waals surface area (Å²) in [5.41, 5.74) is 6.47. The van der Waals surface area contributed by atoms with Crippen molar-refractivity contribution in [3.63, 3.8) is 0 Å². The van der Waals surface area contributed by atoms with E-state index in [1.807, 2.05) is 48.5 Å². The van der Waals surface area contributed by atoms with Gasteiger partial charge in [0.05, 0.1) is 18.9 Å². The zero-order chi connectivity index (χ0) is 26.5. The minimum absolute atomic E-state index is 0.309. The molecule has 0 spiro atoms. The van der Waals surface area contributed by atoms with Crippen LogP contribution in [0.5, 0.6) is 11.5 Å². The van der Waals surface area contributed by atoms with Gasteiger partial charge in [-0.1, -0.05) is 48.5 Å². The summed E-state index contributed by atoms with van der Waals surface area (Å²) < 4.78 is 11.8. The lowest BCUT2D eigenvalue weighted by molar-refractivity contribution is 0.0733. The summed E-state index contributed by atoms with van der Waals surface area (Å²) in [6.07, 6.45) is 1.44. The smallest absolute Gasteiger partial charge is 0.343 e. The molecule has 1 aromatic heterocycles. The molecule has 0 atom stereocenters. The molecule has 4 aromatic carbocycles. The Labute approximate surface area is 232 Å². The molecular formula is C30H22IN3O4. The van der Waals surface area contributed by atoms with Crippen molar-refractivity contribution >= 4 is 51.6 Å². The van der Waals surface area contributed by atoms with Crippen molar-refractivity contribution < 1.29 is 19.1 Å². The molecule has 0 bridgehead atoms. The fourth-order valence-electron chi connectivity index (χ4n) is 4.04. The second-order valence-electron chi connectivity index (χ2n) is 8.29. The van der Waals surface area contributed by atoms with Gasteiger partial charge < -0.3 is 14.5 Å². The van der Waals surface area contributed by atoms with Crippen LogP contribution >= 0.6 is 22.6 Å². The normalized spacial score (nSPS) is 11.0. The number of ether oxygens (including phenoxy) is 2. The first-order chi connectivity index (χ1) is 18.5. The van der Waals surface area contributed by atoms with E-state index in [1.54, 1.807) is 48.5 Å². The van der Waals surface area contributed by atoms with E-state index in [9.17, 15) is 9.59 Å². The number of halogens is 1. The van der Waals surface area contributed by atoms with Crippen molar-refractivity contribution in [2.75, 3.05) is 7.11 Å². The minimum Gasteiger partial charge on any atom is -0.497 e. The summed E-state index contributed by atoms with van der Waals surface area (Å²) in [6, 6.07) is 29.4. The lowest BCUT2D eigenvalue weighted by atomic mass is 10.0. The van der Waals surface area contributed by atoms with Crippen LogP contribution in [-0.2, 0) is 0 Å². The van der Waals surface area contributed by atoms with Gasteiger partial charge in [0.2, 0.25) is 0 Å². The van der Waals surface area contributed by atoms with Gasteiger partial charge in [0.25, 0.3) is 5.91 Å². The van der Waals surface area contributed by atoms with Gasteiger partial charge in [0, 0.05) is 25.6 Å². The van der Waals surface area contributed by atoms with E-state index in [1.165, 1.54) is 13.3 Å². The van der Waals surface area contributed by atoms with E-state index >= 15 is 0 Å². The van der Waals surface area contributed by atoms with Crippen molar-refractivity contribution in [1.29, 1.82) is 0 Å². The Balaban J connectivity index is 1.38. The first-order valence-electron chi connectivity index (χ1n) is 11.7. The summed E-state index contributed by atoms with van der Waals surface area (Å²) in [4.78, 5) is 29.2. The molecule has 188 valence electrons. The Hall–Kier alpha value is -4.44. The van der Waals surface area contributed by atoms with Gasteiger partial charge in [0.1, 0.15) is 17.2 Å². The second kappa shape index (κ2) is 11.3. The molecular weight excluding hydrogens is 593 g/mol. The predicted molar refractivity (Wildman–Crippen MR) is 156 cm³/mol. The molecule has 0 radical (unpaired) electrons. The van der Waals surface area contributed by atoms with Crippen LogP contribution in [0.2, 0.25) is 0 Å². The first kappa shape index (κ1) is 25.2. The van der Waals surface area contributed by atoms with Crippen LogP contribution in [0.15, 0.2) is 102 Å². The van der Waals surface area contributed by atoms with E-state index in [4.69, 9.17) is 9.47 Å². The third-order valence-electron chi connectivity index (χ3n) is 5.85. The van der Waals surface area contributed by atoms with E-state index in [-0.39, 0.29) is 0 Å². The number of nitrogens with zero attached hydrogens (tertiary/aromatic N) is 1. The number of carbonyl (C=O) groups excluding carboxylic acids is 2. The van der Waals surface area contributed by atoms with Crippen LogP contribution in [0.4, 0.5) is 0 Å². The number of para-hydroxylation sites is 1. The number of amides is 1. The molecule has 5 aromatic rings. The Morgan fingerprint density at radius 2 is 1.71 bits per heavy atom.